The van der Waals surface area contributed by atoms with Gasteiger partial charge >= 0.3 is 0 Å². The standard InChI is InChI=1S/C16H20N2O/c1-2-11-10-17-8-7-13(11)16(19)15-9-12-5-3-4-6-14(12)18-15/h2-6,9,13,16-19H,7-8,10H2,1H3/b11-2-/t13-,16?/m0/s1. The second kappa shape index (κ2) is 5.19. The third kappa shape index (κ3) is 2.31. The molecule has 3 N–H and O–H groups in total. The summed E-state index contributed by atoms with van der Waals surface area (Å²) >= 11 is 0. The van der Waals surface area contributed by atoms with Gasteiger partial charge in [-0.3, -0.25) is 0 Å². The van der Waals surface area contributed by atoms with Gasteiger partial charge in [0, 0.05) is 23.7 Å². The maximum absolute atomic E-state index is 10.6. The maximum atomic E-state index is 10.6. The lowest BCUT2D eigenvalue weighted by Gasteiger charge is -2.29. The van der Waals surface area contributed by atoms with Crippen molar-refractivity contribution < 1.29 is 5.11 Å². The van der Waals surface area contributed by atoms with Gasteiger partial charge in [0.2, 0.25) is 0 Å². The number of para-hydroxylation sites is 1. The summed E-state index contributed by atoms with van der Waals surface area (Å²) in [6.07, 6.45) is 2.67. The van der Waals surface area contributed by atoms with E-state index < -0.39 is 6.10 Å². The highest BCUT2D eigenvalue weighted by Gasteiger charge is 2.27. The Kier molecular flexibility index (Phi) is 3.40. The highest BCUT2D eigenvalue weighted by Crippen LogP contribution is 2.33. The minimum atomic E-state index is -0.444. The number of hydrogen-bond acceptors (Lipinski definition) is 2. The Morgan fingerprint density at radius 1 is 1.37 bits per heavy atom. The molecule has 2 aromatic rings. The molecule has 19 heavy (non-hydrogen) atoms. The first-order valence-corrected chi connectivity index (χ1v) is 6.91. The Bertz CT molecular complexity index is 567. The molecule has 0 saturated carbocycles. The second-order valence-electron chi connectivity index (χ2n) is 5.19. The van der Waals surface area contributed by atoms with Gasteiger partial charge in [-0.1, -0.05) is 29.8 Å². The smallest absolute Gasteiger partial charge is 0.100 e. The van der Waals surface area contributed by atoms with Crippen molar-refractivity contribution in [2.24, 2.45) is 5.92 Å². The number of nitrogens with one attached hydrogen (secondary N) is 2. The van der Waals surface area contributed by atoms with Crippen molar-refractivity contribution in [3.05, 3.63) is 47.7 Å². The Morgan fingerprint density at radius 3 is 3.00 bits per heavy atom. The quantitative estimate of drug-likeness (QED) is 0.724. The zero-order valence-electron chi connectivity index (χ0n) is 11.2. The van der Waals surface area contributed by atoms with E-state index in [1.165, 1.54) is 5.57 Å². The molecule has 1 fully saturated rings. The van der Waals surface area contributed by atoms with E-state index in [4.69, 9.17) is 0 Å². The van der Waals surface area contributed by atoms with E-state index in [9.17, 15) is 5.11 Å². The molecule has 1 unspecified atom stereocenters. The SMILES string of the molecule is C/C=C1/CNCC[C@@H]1C(O)c1cc2ccccc2[nH]1. The minimum Gasteiger partial charge on any atom is -0.386 e. The Balaban J connectivity index is 1.91. The van der Waals surface area contributed by atoms with Crippen molar-refractivity contribution in [2.45, 2.75) is 19.4 Å². The molecule has 3 rings (SSSR count). The third-order valence-electron chi connectivity index (χ3n) is 4.06. The highest BCUT2D eigenvalue weighted by atomic mass is 16.3. The largest absolute Gasteiger partial charge is 0.386 e. The fourth-order valence-corrected chi connectivity index (χ4v) is 2.96. The van der Waals surface area contributed by atoms with Crippen LogP contribution in [0.5, 0.6) is 0 Å². The van der Waals surface area contributed by atoms with Crippen LogP contribution in [0.25, 0.3) is 10.9 Å². The van der Waals surface area contributed by atoms with Crippen LogP contribution in [0, 0.1) is 5.92 Å². The molecule has 0 radical (unpaired) electrons. The summed E-state index contributed by atoms with van der Waals surface area (Å²) in [5.41, 5.74) is 3.32. The molecule has 1 aromatic carbocycles. The summed E-state index contributed by atoms with van der Waals surface area (Å²) in [6, 6.07) is 10.2. The fourth-order valence-electron chi connectivity index (χ4n) is 2.96. The molecule has 0 amide bonds. The van der Waals surface area contributed by atoms with Crippen molar-refractivity contribution in [1.29, 1.82) is 0 Å². The lowest BCUT2D eigenvalue weighted by molar-refractivity contribution is 0.111. The predicted octanol–water partition coefficient (Wildman–Crippen LogP) is 2.76. The summed E-state index contributed by atoms with van der Waals surface area (Å²) < 4.78 is 0. The topological polar surface area (TPSA) is 48.0 Å². The van der Waals surface area contributed by atoms with Crippen molar-refractivity contribution in [1.82, 2.24) is 10.3 Å². The fraction of sp³-hybridized carbons (Fsp3) is 0.375. The van der Waals surface area contributed by atoms with E-state index in [2.05, 4.69) is 28.5 Å². The van der Waals surface area contributed by atoms with Gasteiger partial charge in [0.15, 0.2) is 0 Å². The van der Waals surface area contributed by atoms with E-state index in [-0.39, 0.29) is 5.92 Å². The number of hydrogen-bond donors (Lipinski definition) is 3. The molecule has 2 heterocycles. The van der Waals surface area contributed by atoms with Gasteiger partial charge in [-0.15, -0.1) is 0 Å². The molecule has 0 aliphatic carbocycles. The number of piperidine rings is 1. The molecule has 1 aliphatic heterocycles. The molecule has 3 heteroatoms. The lowest BCUT2D eigenvalue weighted by atomic mass is 9.86. The van der Waals surface area contributed by atoms with Crippen molar-refractivity contribution in [3.63, 3.8) is 0 Å². The molecule has 1 saturated heterocycles. The molecule has 3 nitrogen and oxygen atoms in total. The number of fused-ring (bicyclic) bond motifs is 1. The summed E-state index contributed by atoms with van der Waals surface area (Å²) in [5.74, 6) is 0.222. The van der Waals surface area contributed by atoms with Crippen LogP contribution in [-0.2, 0) is 0 Å². The van der Waals surface area contributed by atoms with Crippen LogP contribution in [0.2, 0.25) is 0 Å². The van der Waals surface area contributed by atoms with Gasteiger partial charge in [0.1, 0.15) is 6.10 Å². The first-order valence-electron chi connectivity index (χ1n) is 6.91. The Morgan fingerprint density at radius 2 is 2.21 bits per heavy atom. The van der Waals surface area contributed by atoms with Gasteiger partial charge in [-0.25, -0.2) is 0 Å². The van der Waals surface area contributed by atoms with Crippen LogP contribution >= 0.6 is 0 Å². The monoisotopic (exact) mass is 256 g/mol. The molecular weight excluding hydrogens is 236 g/mol. The van der Waals surface area contributed by atoms with Crippen molar-refractivity contribution >= 4 is 10.9 Å². The van der Waals surface area contributed by atoms with Crippen LogP contribution in [-0.4, -0.2) is 23.2 Å². The zero-order valence-corrected chi connectivity index (χ0v) is 11.2. The lowest BCUT2D eigenvalue weighted by Crippen LogP contribution is -2.33. The third-order valence-corrected chi connectivity index (χ3v) is 4.06. The molecule has 0 spiro atoms. The summed E-state index contributed by atoms with van der Waals surface area (Å²) in [4.78, 5) is 3.34. The number of aliphatic hydroxyl groups excluding tert-OH is 1. The van der Waals surface area contributed by atoms with Gasteiger partial charge in [-0.05, 0) is 37.4 Å². The second-order valence-corrected chi connectivity index (χ2v) is 5.19. The van der Waals surface area contributed by atoms with Gasteiger partial charge in [-0.2, -0.15) is 0 Å². The zero-order chi connectivity index (χ0) is 13.2. The number of allylic oxidation sites excluding steroid dienone is 1. The number of aliphatic hydroxyl groups is 1. The molecule has 1 aliphatic rings. The van der Waals surface area contributed by atoms with Gasteiger partial charge < -0.3 is 15.4 Å². The van der Waals surface area contributed by atoms with Crippen LogP contribution in [0.4, 0.5) is 0 Å². The molecule has 1 aromatic heterocycles. The number of H-pyrrole nitrogens is 1. The first kappa shape index (κ1) is 12.5. The van der Waals surface area contributed by atoms with E-state index in [0.29, 0.717) is 0 Å². The van der Waals surface area contributed by atoms with E-state index >= 15 is 0 Å². The Hall–Kier alpha value is -1.58. The van der Waals surface area contributed by atoms with Crippen LogP contribution in [0.3, 0.4) is 0 Å². The van der Waals surface area contributed by atoms with E-state index in [0.717, 1.165) is 36.1 Å². The van der Waals surface area contributed by atoms with Crippen molar-refractivity contribution in [2.75, 3.05) is 13.1 Å². The minimum absolute atomic E-state index is 0.222. The molecule has 0 bridgehead atoms. The average Bonchev–Trinajstić information content (AvgIpc) is 2.90. The Labute approximate surface area is 113 Å². The van der Waals surface area contributed by atoms with Gasteiger partial charge in [0.25, 0.3) is 0 Å². The summed E-state index contributed by atoms with van der Waals surface area (Å²) in [6.45, 7) is 3.91. The highest BCUT2D eigenvalue weighted by molar-refractivity contribution is 5.80. The first-order chi connectivity index (χ1) is 9.29. The van der Waals surface area contributed by atoms with Crippen LogP contribution < -0.4 is 5.32 Å². The van der Waals surface area contributed by atoms with E-state index in [1.807, 2.05) is 25.1 Å². The van der Waals surface area contributed by atoms with Crippen LogP contribution in [0.15, 0.2) is 42.0 Å². The normalized spacial score (nSPS) is 23.9. The van der Waals surface area contributed by atoms with Crippen molar-refractivity contribution in [3.8, 4) is 0 Å². The number of rotatable bonds is 2. The summed E-state index contributed by atoms with van der Waals surface area (Å²) in [5, 5.41) is 15.2. The molecule has 2 atom stereocenters. The number of aromatic amines is 1. The van der Waals surface area contributed by atoms with Gasteiger partial charge in [0.05, 0.1) is 0 Å². The molecule has 100 valence electrons. The average molecular weight is 256 g/mol. The predicted molar refractivity (Wildman–Crippen MR) is 78.0 cm³/mol. The van der Waals surface area contributed by atoms with E-state index in [1.54, 1.807) is 0 Å². The van der Waals surface area contributed by atoms with Crippen LogP contribution in [0.1, 0.15) is 25.1 Å². The molecular formula is C16H20N2O. The number of benzene rings is 1. The number of aromatic nitrogens is 1. The summed E-state index contributed by atoms with van der Waals surface area (Å²) in [7, 11) is 0. The maximum Gasteiger partial charge on any atom is 0.100 e.